The van der Waals surface area contributed by atoms with Crippen LogP contribution in [0.1, 0.15) is 5.56 Å². The summed E-state index contributed by atoms with van der Waals surface area (Å²) in [5.41, 5.74) is 2.37. The number of carbonyl (C=O) groups is 2. The molecule has 0 saturated heterocycles. The summed E-state index contributed by atoms with van der Waals surface area (Å²) in [5, 5.41) is 6.16. The number of para-hydroxylation sites is 1. The zero-order chi connectivity index (χ0) is 23.2. The molecule has 7 heteroatoms. The van der Waals surface area contributed by atoms with Gasteiger partial charge in [-0.05, 0) is 35.4 Å². The van der Waals surface area contributed by atoms with Gasteiger partial charge in [-0.3, -0.25) is 0 Å². The highest BCUT2D eigenvalue weighted by Gasteiger charge is 2.22. The number of hydrogen-bond acceptors (Lipinski definition) is 5. The smallest absolute Gasteiger partial charge is 0.344 e. The van der Waals surface area contributed by atoms with Crippen LogP contribution in [0, 0.1) is 0 Å². The first kappa shape index (κ1) is 21.8. The van der Waals surface area contributed by atoms with Crippen molar-refractivity contribution in [3.63, 3.8) is 0 Å². The fourth-order valence-electron chi connectivity index (χ4n) is 3.54. The maximum Gasteiger partial charge on any atom is 0.344 e. The van der Waals surface area contributed by atoms with Crippen molar-refractivity contribution in [3.05, 3.63) is 101 Å². The van der Waals surface area contributed by atoms with Crippen molar-refractivity contribution in [1.29, 1.82) is 0 Å². The largest absolute Gasteiger partial charge is 0.467 e. The Hall–Kier alpha value is -4.39. The highest BCUT2D eigenvalue weighted by molar-refractivity contribution is 5.93. The third-order valence-corrected chi connectivity index (χ3v) is 5.15. The number of nitrogens with one attached hydrogen (secondary N) is 2. The average molecular weight is 442 g/mol. The molecule has 0 unspecified atom stereocenters. The van der Waals surface area contributed by atoms with E-state index in [0.717, 1.165) is 10.9 Å². The van der Waals surface area contributed by atoms with Crippen molar-refractivity contribution in [1.82, 2.24) is 5.32 Å². The van der Waals surface area contributed by atoms with Crippen molar-refractivity contribution in [2.24, 2.45) is 0 Å². The minimum atomic E-state index is -0.854. The standard InChI is InChI=1S/C26H22N2O5/c1-32-25(30)22(14-17-8-3-2-4-9-17)28-26(31)27-20-12-7-11-18(15-20)21-16-19-10-5-6-13-23(19)33-24(21)29/h2-13,15-16,22H,14H2,1H3,(H2,27,28,31)/t22-/m0/s1. The predicted octanol–water partition coefficient (Wildman–Crippen LogP) is 4.37. The van der Waals surface area contributed by atoms with Crippen LogP contribution in [0.4, 0.5) is 10.5 Å². The van der Waals surface area contributed by atoms with Crippen LogP contribution in [0.5, 0.6) is 0 Å². The molecule has 0 fully saturated rings. The van der Waals surface area contributed by atoms with Crippen LogP contribution >= 0.6 is 0 Å². The Balaban J connectivity index is 1.52. The molecule has 4 aromatic rings. The highest BCUT2D eigenvalue weighted by atomic mass is 16.5. The first-order valence-electron chi connectivity index (χ1n) is 10.4. The summed E-state index contributed by atoms with van der Waals surface area (Å²) < 4.78 is 10.2. The molecule has 0 aliphatic rings. The van der Waals surface area contributed by atoms with Crippen LogP contribution in [0.15, 0.2) is 94.1 Å². The normalized spacial score (nSPS) is 11.5. The Morgan fingerprint density at radius 1 is 0.939 bits per heavy atom. The molecule has 1 atom stereocenters. The molecular weight excluding hydrogens is 420 g/mol. The van der Waals surface area contributed by atoms with Crippen molar-refractivity contribution < 1.29 is 18.7 Å². The van der Waals surface area contributed by atoms with Gasteiger partial charge in [-0.25, -0.2) is 14.4 Å². The van der Waals surface area contributed by atoms with E-state index in [0.29, 0.717) is 28.8 Å². The van der Waals surface area contributed by atoms with Gasteiger partial charge in [0.05, 0.1) is 12.7 Å². The fourth-order valence-corrected chi connectivity index (χ4v) is 3.54. The summed E-state index contributed by atoms with van der Waals surface area (Å²) in [4.78, 5) is 37.3. The van der Waals surface area contributed by atoms with Gasteiger partial charge in [0.2, 0.25) is 0 Å². The van der Waals surface area contributed by atoms with Crippen molar-refractivity contribution in [2.45, 2.75) is 12.5 Å². The molecule has 0 aliphatic heterocycles. The van der Waals surface area contributed by atoms with Crippen LogP contribution < -0.4 is 16.3 Å². The Morgan fingerprint density at radius 2 is 1.70 bits per heavy atom. The summed E-state index contributed by atoms with van der Waals surface area (Å²) in [5.74, 6) is -0.545. The molecule has 4 rings (SSSR count). The lowest BCUT2D eigenvalue weighted by Crippen LogP contribution is -2.45. The van der Waals surface area contributed by atoms with E-state index in [9.17, 15) is 14.4 Å². The first-order chi connectivity index (χ1) is 16.0. The van der Waals surface area contributed by atoms with E-state index in [1.165, 1.54) is 7.11 Å². The molecule has 0 saturated carbocycles. The van der Waals surface area contributed by atoms with Crippen LogP contribution in [-0.4, -0.2) is 25.2 Å². The van der Waals surface area contributed by atoms with Gasteiger partial charge in [-0.2, -0.15) is 0 Å². The molecule has 0 spiro atoms. The second-order valence-corrected chi connectivity index (χ2v) is 7.43. The van der Waals surface area contributed by atoms with Crippen molar-refractivity contribution >= 4 is 28.7 Å². The molecule has 33 heavy (non-hydrogen) atoms. The van der Waals surface area contributed by atoms with E-state index < -0.39 is 23.7 Å². The number of anilines is 1. The summed E-state index contributed by atoms with van der Waals surface area (Å²) in [6, 6.07) is 23.8. The second-order valence-electron chi connectivity index (χ2n) is 7.43. The SMILES string of the molecule is COC(=O)[C@H](Cc1ccccc1)NC(=O)Nc1cccc(-c2cc3ccccc3oc2=O)c1. The summed E-state index contributed by atoms with van der Waals surface area (Å²) in [6.07, 6.45) is 0.291. The Bertz CT molecular complexity index is 1350. The van der Waals surface area contributed by atoms with Gasteiger partial charge in [0.15, 0.2) is 0 Å². The molecule has 1 heterocycles. The van der Waals surface area contributed by atoms with Gasteiger partial charge in [0.1, 0.15) is 11.6 Å². The number of ether oxygens (including phenoxy) is 1. The molecular formula is C26H22N2O5. The van der Waals surface area contributed by atoms with E-state index in [1.54, 1.807) is 42.5 Å². The number of fused-ring (bicyclic) bond motifs is 1. The number of amides is 2. The molecule has 7 nitrogen and oxygen atoms in total. The number of rotatable bonds is 6. The molecule has 3 aromatic carbocycles. The summed E-state index contributed by atoms with van der Waals surface area (Å²) >= 11 is 0. The Labute approximate surface area is 190 Å². The van der Waals surface area contributed by atoms with E-state index in [2.05, 4.69) is 10.6 Å². The lowest BCUT2D eigenvalue weighted by atomic mass is 10.1. The number of esters is 1. The maximum atomic E-state index is 12.6. The predicted molar refractivity (Wildman–Crippen MR) is 126 cm³/mol. The summed E-state index contributed by atoms with van der Waals surface area (Å²) in [7, 11) is 1.28. The number of urea groups is 1. The topological polar surface area (TPSA) is 97.6 Å². The van der Waals surface area contributed by atoms with Gasteiger partial charge < -0.3 is 19.8 Å². The van der Waals surface area contributed by atoms with Gasteiger partial charge in [-0.1, -0.05) is 60.7 Å². The van der Waals surface area contributed by atoms with E-state index in [1.807, 2.05) is 42.5 Å². The Kier molecular flexibility index (Phi) is 6.50. The average Bonchev–Trinajstić information content (AvgIpc) is 2.83. The van der Waals surface area contributed by atoms with Crippen molar-refractivity contribution in [2.75, 3.05) is 12.4 Å². The molecule has 2 amide bonds. The second kappa shape index (κ2) is 9.82. The molecule has 0 bridgehead atoms. The van der Waals surface area contributed by atoms with Gasteiger partial charge in [0, 0.05) is 17.5 Å². The summed E-state index contributed by atoms with van der Waals surface area (Å²) in [6.45, 7) is 0. The van der Waals surface area contributed by atoms with Crippen LogP contribution in [0.25, 0.3) is 22.1 Å². The molecule has 2 N–H and O–H groups in total. The minimum Gasteiger partial charge on any atom is -0.467 e. The molecule has 1 aromatic heterocycles. The fraction of sp³-hybridized carbons (Fsp3) is 0.115. The third kappa shape index (κ3) is 5.27. The quantitative estimate of drug-likeness (QED) is 0.341. The number of hydrogen-bond donors (Lipinski definition) is 2. The minimum absolute atomic E-state index is 0.291. The maximum absolute atomic E-state index is 12.6. The van der Waals surface area contributed by atoms with E-state index in [-0.39, 0.29) is 0 Å². The number of benzene rings is 3. The number of carbonyl (C=O) groups excluding carboxylic acids is 2. The van der Waals surface area contributed by atoms with Crippen LogP contribution in [0.2, 0.25) is 0 Å². The lowest BCUT2D eigenvalue weighted by molar-refractivity contribution is -0.142. The monoisotopic (exact) mass is 442 g/mol. The first-order valence-corrected chi connectivity index (χ1v) is 10.4. The zero-order valence-corrected chi connectivity index (χ0v) is 17.9. The number of methoxy groups -OCH3 is 1. The Morgan fingerprint density at radius 3 is 2.48 bits per heavy atom. The zero-order valence-electron chi connectivity index (χ0n) is 17.9. The molecule has 166 valence electrons. The highest BCUT2D eigenvalue weighted by Crippen LogP contribution is 2.23. The van der Waals surface area contributed by atoms with Crippen LogP contribution in [0.3, 0.4) is 0 Å². The van der Waals surface area contributed by atoms with Gasteiger partial charge >= 0.3 is 17.6 Å². The van der Waals surface area contributed by atoms with Crippen LogP contribution in [-0.2, 0) is 16.0 Å². The van der Waals surface area contributed by atoms with Gasteiger partial charge in [-0.15, -0.1) is 0 Å². The molecule has 0 radical (unpaired) electrons. The lowest BCUT2D eigenvalue weighted by Gasteiger charge is -2.17. The van der Waals surface area contributed by atoms with Gasteiger partial charge in [0.25, 0.3) is 0 Å². The third-order valence-electron chi connectivity index (χ3n) is 5.15. The van der Waals surface area contributed by atoms with E-state index >= 15 is 0 Å². The van der Waals surface area contributed by atoms with Crippen molar-refractivity contribution in [3.8, 4) is 11.1 Å². The molecule has 0 aliphatic carbocycles. The van der Waals surface area contributed by atoms with E-state index in [4.69, 9.17) is 9.15 Å².